The number of hydrogen-bond donors (Lipinski definition) is 2. The molecule has 0 unspecified atom stereocenters. The molecule has 0 fully saturated rings. The number of benzene rings is 2. The van der Waals surface area contributed by atoms with Gasteiger partial charge in [-0.15, -0.1) is 0 Å². The van der Waals surface area contributed by atoms with Gasteiger partial charge in [-0.1, -0.05) is 34.8 Å². The Morgan fingerprint density at radius 3 is 2.30 bits per heavy atom. The summed E-state index contributed by atoms with van der Waals surface area (Å²) in [6, 6.07) is 9.78. The van der Waals surface area contributed by atoms with Crippen LogP contribution in [0.4, 0.5) is 15.8 Å². The van der Waals surface area contributed by atoms with Gasteiger partial charge in [-0.2, -0.15) is 0 Å². The minimum atomic E-state index is -0.428. The Kier molecular flexibility index (Phi) is 5.35. The fourth-order valence-electron chi connectivity index (χ4n) is 1.64. The molecule has 0 heterocycles. The van der Waals surface area contributed by atoms with Crippen molar-refractivity contribution in [2.75, 3.05) is 23.7 Å². The smallest absolute Gasteiger partial charge is 0.141 e. The van der Waals surface area contributed by atoms with Gasteiger partial charge in [0.05, 0.1) is 15.7 Å². The summed E-state index contributed by atoms with van der Waals surface area (Å²) in [5.41, 5.74) is 1.58. The number of anilines is 2. The van der Waals surface area contributed by atoms with Crippen LogP contribution >= 0.6 is 34.8 Å². The van der Waals surface area contributed by atoms with E-state index in [0.29, 0.717) is 23.1 Å². The first-order valence-electron chi connectivity index (χ1n) is 5.94. The lowest BCUT2D eigenvalue weighted by molar-refractivity contribution is 0.628. The third-order valence-electron chi connectivity index (χ3n) is 2.62. The molecule has 6 heteroatoms. The highest BCUT2D eigenvalue weighted by molar-refractivity contribution is 6.36. The van der Waals surface area contributed by atoms with Crippen LogP contribution in [0, 0.1) is 5.82 Å². The van der Waals surface area contributed by atoms with Crippen LogP contribution in [0.2, 0.25) is 15.1 Å². The Bertz CT molecular complexity index is 605. The van der Waals surface area contributed by atoms with Crippen molar-refractivity contribution in [3.63, 3.8) is 0 Å². The fourth-order valence-corrected chi connectivity index (χ4v) is 2.30. The van der Waals surface area contributed by atoms with E-state index in [9.17, 15) is 4.39 Å². The van der Waals surface area contributed by atoms with Crippen molar-refractivity contribution in [1.29, 1.82) is 0 Å². The number of rotatable bonds is 5. The Labute approximate surface area is 131 Å². The SMILES string of the molecule is Fc1ccc(NCCNc2ccc(Cl)cc2Cl)cc1Cl. The highest BCUT2D eigenvalue weighted by Gasteiger charge is 2.02. The Morgan fingerprint density at radius 1 is 0.850 bits per heavy atom. The molecule has 0 amide bonds. The van der Waals surface area contributed by atoms with E-state index < -0.39 is 5.82 Å². The van der Waals surface area contributed by atoms with Gasteiger partial charge in [0.15, 0.2) is 0 Å². The third-order valence-corrected chi connectivity index (χ3v) is 3.46. The molecular formula is C14H12Cl3FN2. The molecule has 0 saturated carbocycles. The fraction of sp³-hybridized carbons (Fsp3) is 0.143. The minimum absolute atomic E-state index is 0.101. The van der Waals surface area contributed by atoms with Gasteiger partial charge in [-0.25, -0.2) is 4.39 Å². The number of hydrogen-bond acceptors (Lipinski definition) is 2. The standard InChI is InChI=1S/C14H12Cl3FN2/c15-9-1-4-14(12(17)7-9)20-6-5-19-10-2-3-13(18)11(16)8-10/h1-4,7-8,19-20H,5-6H2. The van der Waals surface area contributed by atoms with E-state index in [1.807, 2.05) is 6.07 Å². The van der Waals surface area contributed by atoms with E-state index >= 15 is 0 Å². The molecular weight excluding hydrogens is 322 g/mol. The van der Waals surface area contributed by atoms with Crippen LogP contribution in [-0.2, 0) is 0 Å². The maximum atomic E-state index is 13.0. The molecule has 2 nitrogen and oxygen atoms in total. The zero-order valence-corrected chi connectivity index (χ0v) is 12.7. The molecule has 2 rings (SSSR count). The molecule has 2 aromatic rings. The highest BCUT2D eigenvalue weighted by atomic mass is 35.5. The quantitative estimate of drug-likeness (QED) is 0.725. The summed E-state index contributed by atoms with van der Waals surface area (Å²) in [6.07, 6.45) is 0. The van der Waals surface area contributed by atoms with Gasteiger partial charge in [0, 0.05) is 23.8 Å². The van der Waals surface area contributed by atoms with Crippen LogP contribution in [0.25, 0.3) is 0 Å². The van der Waals surface area contributed by atoms with Gasteiger partial charge >= 0.3 is 0 Å². The van der Waals surface area contributed by atoms with Gasteiger partial charge < -0.3 is 10.6 Å². The zero-order valence-electron chi connectivity index (χ0n) is 10.4. The molecule has 0 radical (unpaired) electrons. The third kappa shape index (κ3) is 4.17. The first kappa shape index (κ1) is 15.2. The summed E-state index contributed by atoms with van der Waals surface area (Å²) in [6.45, 7) is 1.29. The predicted molar refractivity (Wildman–Crippen MR) is 84.9 cm³/mol. The molecule has 2 aromatic carbocycles. The Morgan fingerprint density at radius 2 is 1.60 bits per heavy atom. The van der Waals surface area contributed by atoms with Crippen LogP contribution in [0.1, 0.15) is 0 Å². The molecule has 2 N–H and O–H groups in total. The maximum absolute atomic E-state index is 13.0. The molecule has 0 spiro atoms. The van der Waals surface area contributed by atoms with Gasteiger partial charge in [0.1, 0.15) is 5.82 Å². The summed E-state index contributed by atoms with van der Waals surface area (Å²) in [5, 5.41) is 7.58. The summed E-state index contributed by atoms with van der Waals surface area (Å²) >= 11 is 17.6. The average molecular weight is 334 g/mol. The van der Waals surface area contributed by atoms with E-state index in [1.165, 1.54) is 6.07 Å². The predicted octanol–water partition coefficient (Wildman–Crippen LogP) is 5.31. The molecule has 0 saturated heterocycles. The van der Waals surface area contributed by atoms with Gasteiger partial charge in [-0.05, 0) is 36.4 Å². The van der Waals surface area contributed by atoms with E-state index in [0.717, 1.165) is 11.4 Å². The van der Waals surface area contributed by atoms with Crippen molar-refractivity contribution in [3.05, 3.63) is 57.3 Å². The maximum Gasteiger partial charge on any atom is 0.141 e. The second kappa shape index (κ2) is 7.02. The van der Waals surface area contributed by atoms with Crippen molar-refractivity contribution in [1.82, 2.24) is 0 Å². The molecule has 0 aliphatic heterocycles. The summed E-state index contributed by atoms with van der Waals surface area (Å²) < 4.78 is 13.0. The highest BCUT2D eigenvalue weighted by Crippen LogP contribution is 2.25. The lowest BCUT2D eigenvalue weighted by Crippen LogP contribution is -2.13. The molecule has 0 bridgehead atoms. The molecule has 0 aliphatic carbocycles. The second-order valence-electron chi connectivity index (χ2n) is 4.11. The average Bonchev–Trinajstić information content (AvgIpc) is 2.40. The lowest BCUT2D eigenvalue weighted by atomic mass is 10.3. The van der Waals surface area contributed by atoms with Crippen molar-refractivity contribution in [3.8, 4) is 0 Å². The first-order valence-corrected chi connectivity index (χ1v) is 7.07. The topological polar surface area (TPSA) is 24.1 Å². The van der Waals surface area contributed by atoms with Crippen molar-refractivity contribution in [2.24, 2.45) is 0 Å². The molecule has 0 aromatic heterocycles. The number of nitrogens with one attached hydrogen (secondary N) is 2. The van der Waals surface area contributed by atoms with Gasteiger partial charge in [0.25, 0.3) is 0 Å². The van der Waals surface area contributed by atoms with E-state index in [-0.39, 0.29) is 5.02 Å². The van der Waals surface area contributed by atoms with Crippen molar-refractivity contribution < 1.29 is 4.39 Å². The summed E-state index contributed by atoms with van der Waals surface area (Å²) in [5.74, 6) is -0.428. The zero-order chi connectivity index (χ0) is 14.5. The van der Waals surface area contributed by atoms with Gasteiger partial charge in [0.2, 0.25) is 0 Å². The number of halogens is 4. The normalized spacial score (nSPS) is 10.4. The van der Waals surface area contributed by atoms with Crippen LogP contribution in [0.3, 0.4) is 0 Å². The second-order valence-corrected chi connectivity index (χ2v) is 5.36. The monoisotopic (exact) mass is 332 g/mol. The molecule has 0 aliphatic rings. The summed E-state index contributed by atoms with van der Waals surface area (Å²) in [7, 11) is 0. The van der Waals surface area contributed by atoms with Crippen molar-refractivity contribution in [2.45, 2.75) is 0 Å². The van der Waals surface area contributed by atoms with E-state index in [2.05, 4.69) is 10.6 Å². The Hall–Kier alpha value is -1.16. The van der Waals surface area contributed by atoms with Crippen LogP contribution in [-0.4, -0.2) is 13.1 Å². The van der Waals surface area contributed by atoms with E-state index in [1.54, 1.807) is 24.3 Å². The largest absolute Gasteiger partial charge is 0.383 e. The van der Waals surface area contributed by atoms with Crippen molar-refractivity contribution >= 4 is 46.2 Å². The van der Waals surface area contributed by atoms with E-state index in [4.69, 9.17) is 34.8 Å². The lowest BCUT2D eigenvalue weighted by Gasteiger charge is -2.10. The minimum Gasteiger partial charge on any atom is -0.383 e. The van der Waals surface area contributed by atoms with Crippen LogP contribution in [0.5, 0.6) is 0 Å². The first-order chi connectivity index (χ1) is 9.56. The molecule has 20 heavy (non-hydrogen) atoms. The van der Waals surface area contributed by atoms with Gasteiger partial charge in [-0.3, -0.25) is 0 Å². The Balaban J connectivity index is 1.82. The molecule has 0 atom stereocenters. The van der Waals surface area contributed by atoms with Crippen LogP contribution in [0.15, 0.2) is 36.4 Å². The van der Waals surface area contributed by atoms with Crippen LogP contribution < -0.4 is 10.6 Å². The molecule has 106 valence electrons. The summed E-state index contributed by atoms with van der Waals surface area (Å²) in [4.78, 5) is 0.